The highest BCUT2D eigenvalue weighted by Crippen LogP contribution is 2.36. The number of amides is 1. The largest absolute Gasteiger partial charge is 0.457 e. The predicted molar refractivity (Wildman–Crippen MR) is 178 cm³/mol. The molecule has 0 saturated carbocycles. The van der Waals surface area contributed by atoms with E-state index in [1.807, 2.05) is 46.9 Å². The number of cyclic esters (lactones) is 1. The van der Waals surface area contributed by atoms with Crippen LogP contribution in [0.1, 0.15) is 80.6 Å². The van der Waals surface area contributed by atoms with Crippen LogP contribution < -0.4 is 0 Å². The number of aliphatic hydroxyl groups is 2. The smallest absolute Gasteiger partial charge is 0.410 e. The number of aliphatic hydroxyl groups excluding tert-OH is 1. The van der Waals surface area contributed by atoms with Gasteiger partial charge in [0.05, 0.1) is 24.7 Å². The van der Waals surface area contributed by atoms with Crippen LogP contribution in [0.4, 0.5) is 4.79 Å². The number of esters is 2. The summed E-state index contributed by atoms with van der Waals surface area (Å²) in [7, 11) is 1.99. The van der Waals surface area contributed by atoms with Crippen LogP contribution in [0, 0.1) is 17.8 Å². The Morgan fingerprint density at radius 3 is 2.47 bits per heavy atom. The molecule has 2 N–H and O–H groups in total. The zero-order chi connectivity index (χ0) is 34.9. The highest BCUT2D eigenvalue weighted by molar-refractivity contribution is 5.72. The molecule has 11 heteroatoms. The first kappa shape index (κ1) is 38.7. The third-order valence-electron chi connectivity index (χ3n) is 9.64. The van der Waals surface area contributed by atoms with Gasteiger partial charge in [-0.05, 0) is 64.1 Å². The van der Waals surface area contributed by atoms with Crippen molar-refractivity contribution in [3.8, 4) is 0 Å². The number of nitrogens with zero attached hydrogens (tertiary/aromatic N) is 2. The fourth-order valence-corrected chi connectivity index (χ4v) is 6.26. The Morgan fingerprint density at radius 1 is 1.15 bits per heavy atom. The first-order chi connectivity index (χ1) is 22.1. The normalized spacial score (nSPS) is 33.3. The molecule has 11 nitrogen and oxygen atoms in total. The lowest BCUT2D eigenvalue weighted by Crippen LogP contribution is -2.48. The molecule has 3 rings (SSSR count). The van der Waals surface area contributed by atoms with E-state index in [1.54, 1.807) is 24.0 Å². The van der Waals surface area contributed by atoms with Crippen molar-refractivity contribution in [2.45, 2.75) is 123 Å². The molecule has 0 radical (unpaired) electrons. The quantitative estimate of drug-likeness (QED) is 0.114. The van der Waals surface area contributed by atoms with E-state index in [1.165, 1.54) is 6.92 Å². The number of epoxide rings is 1. The molecule has 47 heavy (non-hydrogen) atoms. The molecule has 3 heterocycles. The van der Waals surface area contributed by atoms with E-state index in [0.717, 1.165) is 25.1 Å². The van der Waals surface area contributed by atoms with Gasteiger partial charge in [-0.3, -0.25) is 9.59 Å². The molecule has 266 valence electrons. The molecule has 3 aliphatic heterocycles. The summed E-state index contributed by atoms with van der Waals surface area (Å²) in [6.07, 6.45) is 7.99. The standard InChI is InChI=1S/C36H58N2O9/c1-9-29(40)26(5)34-30(46-34)21-23(2)11-10-12-24(3)33-25(4)13-14-31(44-27(6)39)36(7,43)16-15-28(22-32(41)47-33)45-35(42)38-19-17-37(8)18-20-38/h10-14,23,25-26,28-31,33-34,40,43H,9,15-22H2,1-8H3. The number of hydrogen-bond acceptors (Lipinski definition) is 10. The van der Waals surface area contributed by atoms with Gasteiger partial charge in [0.15, 0.2) is 0 Å². The number of likely N-dealkylation sites (N-methyl/N-ethyl adjacent to an activating group) is 1. The molecule has 0 spiro atoms. The molecule has 0 aromatic carbocycles. The van der Waals surface area contributed by atoms with Gasteiger partial charge in [-0.15, -0.1) is 0 Å². The third kappa shape index (κ3) is 12.0. The molecule has 3 aliphatic rings. The average Bonchev–Trinajstić information content (AvgIpc) is 3.77. The van der Waals surface area contributed by atoms with E-state index in [0.29, 0.717) is 19.5 Å². The van der Waals surface area contributed by atoms with Crippen LogP contribution in [0.3, 0.4) is 0 Å². The fraction of sp³-hybridized carbons (Fsp3) is 0.750. The van der Waals surface area contributed by atoms with Gasteiger partial charge in [0.2, 0.25) is 0 Å². The summed E-state index contributed by atoms with van der Waals surface area (Å²) < 4.78 is 23.2. The third-order valence-corrected chi connectivity index (χ3v) is 9.64. The lowest BCUT2D eigenvalue weighted by atomic mass is 9.88. The summed E-state index contributed by atoms with van der Waals surface area (Å²) >= 11 is 0. The van der Waals surface area contributed by atoms with Gasteiger partial charge >= 0.3 is 18.0 Å². The maximum absolute atomic E-state index is 13.3. The number of piperazine rings is 1. The molecule has 2 saturated heterocycles. The molecule has 10 unspecified atom stereocenters. The van der Waals surface area contributed by atoms with E-state index in [4.69, 9.17) is 18.9 Å². The summed E-state index contributed by atoms with van der Waals surface area (Å²) in [5.41, 5.74) is -0.669. The van der Waals surface area contributed by atoms with Crippen LogP contribution in [-0.4, -0.2) is 113 Å². The highest BCUT2D eigenvalue weighted by atomic mass is 16.6. The van der Waals surface area contributed by atoms with Gasteiger partial charge in [-0.1, -0.05) is 52.0 Å². The van der Waals surface area contributed by atoms with Crippen LogP contribution >= 0.6 is 0 Å². The second kappa shape index (κ2) is 17.6. The molecule has 2 fully saturated rings. The van der Waals surface area contributed by atoms with Crippen molar-refractivity contribution in [3.05, 3.63) is 36.0 Å². The number of allylic oxidation sites excluding steroid dienone is 3. The number of rotatable bonds is 10. The first-order valence-corrected chi connectivity index (χ1v) is 17.2. The van der Waals surface area contributed by atoms with Crippen LogP contribution in [0.2, 0.25) is 0 Å². The molecule has 0 aromatic rings. The molecule has 1 amide bonds. The Balaban J connectivity index is 1.76. The Morgan fingerprint density at radius 2 is 1.83 bits per heavy atom. The molecule has 0 aliphatic carbocycles. The van der Waals surface area contributed by atoms with E-state index in [-0.39, 0.29) is 55.3 Å². The Bertz CT molecular complexity index is 1140. The van der Waals surface area contributed by atoms with Crippen molar-refractivity contribution >= 4 is 18.0 Å². The summed E-state index contributed by atoms with van der Waals surface area (Å²) in [6, 6.07) is 0. The molecule has 0 aromatic heterocycles. The lowest BCUT2D eigenvalue weighted by molar-refractivity contribution is -0.157. The Hall–Kier alpha value is -2.73. The van der Waals surface area contributed by atoms with Crippen molar-refractivity contribution in [1.82, 2.24) is 9.80 Å². The summed E-state index contributed by atoms with van der Waals surface area (Å²) in [4.78, 5) is 42.1. The number of hydrogen-bond donors (Lipinski definition) is 2. The van der Waals surface area contributed by atoms with Gasteiger partial charge in [-0.2, -0.15) is 0 Å². The average molecular weight is 663 g/mol. The summed E-state index contributed by atoms with van der Waals surface area (Å²) in [6.45, 7) is 15.3. The maximum atomic E-state index is 13.3. The molecule has 0 bridgehead atoms. The number of carbonyl (C=O) groups is 3. The van der Waals surface area contributed by atoms with Gasteiger partial charge in [0, 0.05) is 44.9 Å². The minimum Gasteiger partial charge on any atom is -0.457 e. The molecular formula is C36H58N2O9. The van der Waals surface area contributed by atoms with Crippen molar-refractivity contribution < 1.29 is 43.5 Å². The predicted octanol–water partition coefficient (Wildman–Crippen LogP) is 4.41. The highest BCUT2D eigenvalue weighted by Gasteiger charge is 2.45. The van der Waals surface area contributed by atoms with Crippen molar-refractivity contribution in [3.63, 3.8) is 0 Å². The van der Waals surface area contributed by atoms with Gasteiger partial charge in [-0.25, -0.2) is 4.79 Å². The second-order valence-corrected chi connectivity index (χ2v) is 14.1. The van der Waals surface area contributed by atoms with Gasteiger partial charge < -0.3 is 39.0 Å². The zero-order valence-electron chi connectivity index (χ0n) is 29.6. The minimum absolute atomic E-state index is 0.0857. The monoisotopic (exact) mass is 662 g/mol. The first-order valence-electron chi connectivity index (χ1n) is 17.2. The van der Waals surface area contributed by atoms with Crippen LogP contribution in [0.15, 0.2) is 36.0 Å². The van der Waals surface area contributed by atoms with Crippen LogP contribution in [0.25, 0.3) is 0 Å². The van der Waals surface area contributed by atoms with Crippen molar-refractivity contribution in [2.24, 2.45) is 17.8 Å². The summed E-state index contributed by atoms with van der Waals surface area (Å²) in [5, 5.41) is 21.5. The Kier molecular flexibility index (Phi) is 14.5. The van der Waals surface area contributed by atoms with Gasteiger partial charge in [0.1, 0.15) is 23.9 Å². The van der Waals surface area contributed by atoms with Crippen molar-refractivity contribution in [1.29, 1.82) is 0 Å². The fourth-order valence-electron chi connectivity index (χ4n) is 6.26. The van der Waals surface area contributed by atoms with E-state index in [2.05, 4.69) is 17.9 Å². The number of ether oxygens (including phenoxy) is 4. The van der Waals surface area contributed by atoms with E-state index < -0.39 is 41.9 Å². The second-order valence-electron chi connectivity index (χ2n) is 14.1. The molecule has 10 atom stereocenters. The van der Waals surface area contributed by atoms with E-state index >= 15 is 0 Å². The van der Waals surface area contributed by atoms with E-state index in [9.17, 15) is 24.6 Å². The SMILES string of the molecule is CCC(O)C(C)C1OC1CC(C)C=CC=C(C)C1OC(=O)CC(OC(=O)N2CCN(C)CC2)CCC(C)(O)C(OC(C)=O)C=CC1C. The zero-order valence-corrected chi connectivity index (χ0v) is 29.6. The lowest BCUT2D eigenvalue weighted by Gasteiger charge is -2.35. The van der Waals surface area contributed by atoms with Crippen LogP contribution in [-0.2, 0) is 28.5 Å². The molecular weight excluding hydrogens is 604 g/mol. The Labute approximate surface area is 280 Å². The maximum Gasteiger partial charge on any atom is 0.410 e. The summed E-state index contributed by atoms with van der Waals surface area (Å²) in [5.74, 6) is -1.03. The topological polar surface area (TPSA) is 138 Å². The van der Waals surface area contributed by atoms with Crippen LogP contribution in [0.5, 0.6) is 0 Å². The minimum atomic E-state index is -1.47. The van der Waals surface area contributed by atoms with Gasteiger partial charge in [0.25, 0.3) is 0 Å². The van der Waals surface area contributed by atoms with Crippen molar-refractivity contribution in [2.75, 3.05) is 33.2 Å². The number of carbonyl (C=O) groups excluding carboxylic acids is 3.